The highest BCUT2D eigenvalue weighted by molar-refractivity contribution is 4.98. The Balaban J connectivity index is 1.92. The van der Waals surface area contributed by atoms with Crippen molar-refractivity contribution in [2.45, 2.75) is 32.0 Å². The van der Waals surface area contributed by atoms with Gasteiger partial charge >= 0.3 is 0 Å². The molecule has 1 saturated heterocycles. The fourth-order valence-corrected chi connectivity index (χ4v) is 2.04. The summed E-state index contributed by atoms with van der Waals surface area (Å²) in [6, 6.07) is 1.93. The quantitative estimate of drug-likeness (QED) is 0.783. The van der Waals surface area contributed by atoms with Crippen molar-refractivity contribution in [3.05, 3.63) is 18.0 Å². The molecule has 78 valence electrons. The zero-order valence-corrected chi connectivity index (χ0v) is 8.46. The maximum atomic E-state index is 13.7. The summed E-state index contributed by atoms with van der Waals surface area (Å²) in [5.41, 5.74) is 0.0425. The largest absolute Gasteiger partial charge is 0.294 e. The maximum Gasteiger partial charge on any atom is 0.120 e. The van der Waals surface area contributed by atoms with Gasteiger partial charge in [0.15, 0.2) is 0 Å². The lowest BCUT2D eigenvalue weighted by Crippen LogP contribution is -2.42. The first-order valence-corrected chi connectivity index (χ1v) is 5.05. The third-order valence-electron chi connectivity index (χ3n) is 2.68. The number of aromatic amines is 1. The van der Waals surface area contributed by atoms with Gasteiger partial charge in [-0.15, -0.1) is 0 Å². The van der Waals surface area contributed by atoms with E-state index in [0.717, 1.165) is 25.2 Å². The molecule has 1 fully saturated rings. The molecule has 0 aliphatic carbocycles. The summed E-state index contributed by atoms with van der Waals surface area (Å²) in [5, 5.41) is 6.78. The second-order valence-electron chi connectivity index (χ2n) is 4.31. The van der Waals surface area contributed by atoms with E-state index in [0.29, 0.717) is 13.0 Å². The van der Waals surface area contributed by atoms with E-state index in [9.17, 15) is 4.39 Å². The molecular formula is C10H16FN3. The predicted octanol–water partition coefficient (Wildman–Crippen LogP) is 1.73. The number of piperidine rings is 1. The number of hydrogen-bond donors (Lipinski definition) is 1. The maximum absolute atomic E-state index is 13.7. The van der Waals surface area contributed by atoms with Gasteiger partial charge in [-0.1, -0.05) is 0 Å². The molecule has 1 N–H and O–H groups in total. The van der Waals surface area contributed by atoms with Crippen molar-refractivity contribution in [3.8, 4) is 0 Å². The van der Waals surface area contributed by atoms with Crippen LogP contribution in [0.1, 0.15) is 25.5 Å². The number of alkyl halides is 1. The number of likely N-dealkylation sites (tertiary alicyclic amines) is 1. The summed E-state index contributed by atoms with van der Waals surface area (Å²) in [6.45, 7) is 3.98. The van der Waals surface area contributed by atoms with Gasteiger partial charge in [-0.25, -0.2) is 4.39 Å². The minimum absolute atomic E-state index is 0.534. The molecule has 1 aromatic heterocycles. The Bertz CT molecular complexity index is 282. The molecule has 0 saturated carbocycles. The van der Waals surface area contributed by atoms with Crippen LogP contribution in [0.3, 0.4) is 0 Å². The SMILES string of the molecule is C[C@]1(F)CCCN(Cc2ccn[nH]2)C1. The van der Waals surface area contributed by atoms with E-state index in [1.807, 2.05) is 6.07 Å². The minimum Gasteiger partial charge on any atom is -0.294 e. The van der Waals surface area contributed by atoms with Gasteiger partial charge in [0, 0.05) is 25.0 Å². The van der Waals surface area contributed by atoms with Crippen molar-refractivity contribution in [3.63, 3.8) is 0 Å². The van der Waals surface area contributed by atoms with Crippen LogP contribution < -0.4 is 0 Å². The van der Waals surface area contributed by atoms with Crippen LogP contribution in [0.15, 0.2) is 12.3 Å². The lowest BCUT2D eigenvalue weighted by Gasteiger charge is -2.34. The van der Waals surface area contributed by atoms with Gasteiger partial charge in [0.05, 0.1) is 0 Å². The van der Waals surface area contributed by atoms with Crippen molar-refractivity contribution in [1.29, 1.82) is 0 Å². The summed E-state index contributed by atoms with van der Waals surface area (Å²) in [4.78, 5) is 2.14. The molecule has 3 nitrogen and oxygen atoms in total. The van der Waals surface area contributed by atoms with Crippen LogP contribution in [-0.4, -0.2) is 33.9 Å². The first kappa shape index (κ1) is 9.65. The van der Waals surface area contributed by atoms with Gasteiger partial charge in [-0.2, -0.15) is 5.10 Å². The normalized spacial score (nSPS) is 29.3. The topological polar surface area (TPSA) is 31.9 Å². The third kappa shape index (κ3) is 2.32. The standard InChI is InChI=1S/C10H16FN3/c1-10(11)4-2-6-14(8-10)7-9-3-5-12-13-9/h3,5H,2,4,6-8H2,1H3,(H,12,13)/t10-/m0/s1. The van der Waals surface area contributed by atoms with E-state index in [-0.39, 0.29) is 0 Å². The molecule has 0 spiro atoms. The summed E-state index contributed by atoms with van der Waals surface area (Å²) in [5.74, 6) is 0. The van der Waals surface area contributed by atoms with Gasteiger partial charge in [0.1, 0.15) is 5.67 Å². The van der Waals surface area contributed by atoms with Gasteiger partial charge in [-0.3, -0.25) is 10.00 Å². The first-order chi connectivity index (χ1) is 6.66. The fraction of sp³-hybridized carbons (Fsp3) is 0.700. The van der Waals surface area contributed by atoms with Crippen molar-refractivity contribution in [1.82, 2.24) is 15.1 Å². The van der Waals surface area contributed by atoms with E-state index < -0.39 is 5.67 Å². The molecule has 0 unspecified atom stereocenters. The predicted molar refractivity (Wildman–Crippen MR) is 52.6 cm³/mol. The lowest BCUT2D eigenvalue weighted by molar-refractivity contribution is 0.0556. The van der Waals surface area contributed by atoms with E-state index >= 15 is 0 Å². The number of nitrogens with one attached hydrogen (secondary N) is 1. The third-order valence-corrected chi connectivity index (χ3v) is 2.68. The van der Waals surface area contributed by atoms with Gasteiger partial charge in [-0.05, 0) is 32.4 Å². The second-order valence-corrected chi connectivity index (χ2v) is 4.31. The van der Waals surface area contributed by atoms with Crippen LogP contribution in [0.5, 0.6) is 0 Å². The lowest BCUT2D eigenvalue weighted by atomic mass is 9.97. The monoisotopic (exact) mass is 197 g/mol. The van der Waals surface area contributed by atoms with Crippen molar-refractivity contribution >= 4 is 0 Å². The molecule has 1 aliphatic heterocycles. The van der Waals surface area contributed by atoms with E-state index in [1.165, 1.54) is 0 Å². The Morgan fingerprint density at radius 2 is 2.57 bits per heavy atom. The summed E-state index contributed by atoms with van der Waals surface area (Å²) >= 11 is 0. The molecule has 14 heavy (non-hydrogen) atoms. The van der Waals surface area contributed by atoms with Crippen LogP contribution in [-0.2, 0) is 6.54 Å². The Morgan fingerprint density at radius 1 is 1.71 bits per heavy atom. The number of rotatable bonds is 2. The Hall–Kier alpha value is -0.900. The van der Waals surface area contributed by atoms with Gasteiger partial charge in [0.25, 0.3) is 0 Å². The van der Waals surface area contributed by atoms with Crippen molar-refractivity contribution < 1.29 is 4.39 Å². The van der Waals surface area contributed by atoms with Crippen LogP contribution in [0, 0.1) is 0 Å². The molecule has 2 heterocycles. The highest BCUT2D eigenvalue weighted by Gasteiger charge is 2.30. The molecule has 1 aromatic rings. The fourth-order valence-electron chi connectivity index (χ4n) is 2.04. The summed E-state index contributed by atoms with van der Waals surface area (Å²) < 4.78 is 13.7. The Morgan fingerprint density at radius 3 is 3.21 bits per heavy atom. The molecule has 0 aromatic carbocycles. The Kier molecular flexibility index (Phi) is 2.54. The van der Waals surface area contributed by atoms with Crippen LogP contribution in [0.25, 0.3) is 0 Å². The first-order valence-electron chi connectivity index (χ1n) is 5.05. The second kappa shape index (κ2) is 3.69. The molecule has 0 amide bonds. The highest BCUT2D eigenvalue weighted by atomic mass is 19.1. The summed E-state index contributed by atoms with van der Waals surface area (Å²) in [6.07, 6.45) is 3.36. The Labute approximate surface area is 83.3 Å². The van der Waals surface area contributed by atoms with Gasteiger partial charge < -0.3 is 0 Å². The molecule has 0 radical (unpaired) electrons. The minimum atomic E-state index is -1.02. The van der Waals surface area contributed by atoms with Crippen molar-refractivity contribution in [2.75, 3.05) is 13.1 Å². The molecule has 4 heteroatoms. The van der Waals surface area contributed by atoms with Crippen LogP contribution in [0.2, 0.25) is 0 Å². The molecule has 1 atom stereocenters. The molecule has 2 rings (SSSR count). The number of nitrogens with zero attached hydrogens (tertiary/aromatic N) is 2. The highest BCUT2D eigenvalue weighted by Crippen LogP contribution is 2.25. The van der Waals surface area contributed by atoms with E-state index in [2.05, 4.69) is 15.1 Å². The van der Waals surface area contributed by atoms with E-state index in [1.54, 1.807) is 13.1 Å². The zero-order valence-electron chi connectivity index (χ0n) is 8.46. The zero-order chi connectivity index (χ0) is 10.0. The number of halogens is 1. The van der Waals surface area contributed by atoms with Crippen molar-refractivity contribution in [2.24, 2.45) is 0 Å². The summed E-state index contributed by atoms with van der Waals surface area (Å²) in [7, 11) is 0. The van der Waals surface area contributed by atoms with Gasteiger partial charge in [0.2, 0.25) is 0 Å². The van der Waals surface area contributed by atoms with E-state index in [4.69, 9.17) is 0 Å². The molecule has 1 aliphatic rings. The number of hydrogen-bond acceptors (Lipinski definition) is 2. The van der Waals surface area contributed by atoms with Crippen LogP contribution in [0.4, 0.5) is 4.39 Å². The smallest absolute Gasteiger partial charge is 0.120 e. The average molecular weight is 197 g/mol. The van der Waals surface area contributed by atoms with Crippen LogP contribution >= 0.6 is 0 Å². The number of aromatic nitrogens is 2. The number of H-pyrrole nitrogens is 1. The molecular weight excluding hydrogens is 181 g/mol. The molecule has 0 bridgehead atoms. The average Bonchev–Trinajstić information content (AvgIpc) is 2.54.